The van der Waals surface area contributed by atoms with Gasteiger partial charge in [-0.3, -0.25) is 0 Å². The van der Waals surface area contributed by atoms with Crippen LogP contribution in [0.1, 0.15) is 46.5 Å². The van der Waals surface area contributed by atoms with Crippen molar-refractivity contribution in [1.29, 1.82) is 0 Å². The number of aliphatic hydroxyl groups excluding tert-OH is 1. The Morgan fingerprint density at radius 3 is 2.27 bits per heavy atom. The first kappa shape index (κ1) is 11.0. The van der Waals surface area contributed by atoms with Gasteiger partial charge in [0.05, 0.1) is 0 Å². The van der Waals surface area contributed by atoms with E-state index in [9.17, 15) is 0 Å². The molecule has 0 aromatic rings. The molecule has 0 aromatic heterocycles. The van der Waals surface area contributed by atoms with Gasteiger partial charge in [-0.05, 0) is 18.3 Å². The predicted octanol–water partition coefficient (Wildman–Crippen LogP) is 2.83. The van der Waals surface area contributed by atoms with Gasteiger partial charge in [0.25, 0.3) is 0 Å². The summed E-state index contributed by atoms with van der Waals surface area (Å²) < 4.78 is 0. The van der Waals surface area contributed by atoms with Crippen LogP contribution in [0.4, 0.5) is 0 Å². The molecule has 0 saturated heterocycles. The van der Waals surface area contributed by atoms with Crippen molar-refractivity contribution in [3.8, 4) is 0 Å². The average molecular weight is 158 g/mol. The van der Waals surface area contributed by atoms with Crippen LogP contribution < -0.4 is 0 Å². The molecule has 1 N–H and O–H groups in total. The van der Waals surface area contributed by atoms with Crippen LogP contribution >= 0.6 is 0 Å². The van der Waals surface area contributed by atoms with Crippen molar-refractivity contribution in [3.63, 3.8) is 0 Å². The maximum Gasteiger partial charge on any atom is 0.0456 e. The molecule has 0 spiro atoms. The highest BCUT2D eigenvalue weighted by Crippen LogP contribution is 2.16. The summed E-state index contributed by atoms with van der Waals surface area (Å²) in [6, 6.07) is 0. The number of aliphatic hydroxyl groups is 1. The van der Waals surface area contributed by atoms with Gasteiger partial charge in [0.2, 0.25) is 0 Å². The van der Waals surface area contributed by atoms with Gasteiger partial charge in [0.1, 0.15) is 0 Å². The largest absolute Gasteiger partial charge is 0.396 e. The number of rotatable bonds is 6. The van der Waals surface area contributed by atoms with Crippen LogP contribution in [0.15, 0.2) is 0 Å². The summed E-state index contributed by atoms with van der Waals surface area (Å²) in [6.07, 6.45) is 5.12. The molecule has 0 fully saturated rings. The Morgan fingerprint density at radius 2 is 1.82 bits per heavy atom. The van der Waals surface area contributed by atoms with E-state index in [1.54, 1.807) is 0 Å². The molecule has 1 nitrogen and oxygen atoms in total. The van der Waals surface area contributed by atoms with E-state index < -0.39 is 0 Å². The van der Waals surface area contributed by atoms with Crippen LogP contribution in [0.3, 0.4) is 0 Å². The smallest absolute Gasteiger partial charge is 0.0456 e. The van der Waals surface area contributed by atoms with Crippen molar-refractivity contribution in [2.45, 2.75) is 46.5 Å². The maximum atomic E-state index is 8.81. The number of hydrogen-bond acceptors (Lipinski definition) is 1. The summed E-state index contributed by atoms with van der Waals surface area (Å²) >= 11 is 0. The van der Waals surface area contributed by atoms with Crippen LogP contribution in [0, 0.1) is 11.8 Å². The minimum Gasteiger partial charge on any atom is -0.396 e. The van der Waals surface area contributed by atoms with E-state index in [1.807, 2.05) is 0 Å². The summed E-state index contributed by atoms with van der Waals surface area (Å²) in [5.74, 6) is 1.28. The van der Waals surface area contributed by atoms with E-state index in [1.165, 1.54) is 25.7 Å². The summed E-state index contributed by atoms with van der Waals surface area (Å²) in [5.41, 5.74) is 0. The average Bonchev–Trinajstić information content (AvgIpc) is 2.00. The molecule has 0 radical (unpaired) electrons. The molecule has 11 heavy (non-hydrogen) atoms. The lowest BCUT2D eigenvalue weighted by Gasteiger charge is -2.14. The zero-order chi connectivity index (χ0) is 8.69. The van der Waals surface area contributed by atoms with Crippen molar-refractivity contribution in [1.82, 2.24) is 0 Å². The van der Waals surface area contributed by atoms with Gasteiger partial charge < -0.3 is 5.11 Å². The van der Waals surface area contributed by atoms with Gasteiger partial charge in [-0.25, -0.2) is 0 Å². The molecular formula is C10H22O. The molecule has 1 heteroatoms. The molecule has 0 aliphatic rings. The van der Waals surface area contributed by atoms with Crippen molar-refractivity contribution in [2.24, 2.45) is 11.8 Å². The second-order valence-electron chi connectivity index (χ2n) is 3.77. The molecule has 0 aliphatic heterocycles. The van der Waals surface area contributed by atoms with Crippen molar-refractivity contribution >= 4 is 0 Å². The zero-order valence-corrected chi connectivity index (χ0v) is 8.14. The van der Waals surface area contributed by atoms with Gasteiger partial charge in [-0.2, -0.15) is 0 Å². The van der Waals surface area contributed by atoms with E-state index >= 15 is 0 Å². The Bertz CT molecular complexity index is 80.9. The molecule has 0 unspecified atom stereocenters. The summed E-state index contributed by atoms with van der Waals surface area (Å²) in [7, 11) is 0. The Hall–Kier alpha value is -0.0400. The van der Waals surface area contributed by atoms with E-state index in [0.29, 0.717) is 12.5 Å². The van der Waals surface area contributed by atoms with Crippen LogP contribution in [0.5, 0.6) is 0 Å². The lowest BCUT2D eigenvalue weighted by atomic mass is 9.94. The number of hydrogen-bond donors (Lipinski definition) is 1. The lowest BCUT2D eigenvalue weighted by Crippen LogP contribution is -2.06. The van der Waals surface area contributed by atoms with E-state index in [2.05, 4.69) is 20.8 Å². The fourth-order valence-corrected chi connectivity index (χ4v) is 1.43. The molecular weight excluding hydrogens is 136 g/mol. The molecule has 0 rings (SSSR count). The molecule has 2 atom stereocenters. The highest BCUT2D eigenvalue weighted by Gasteiger charge is 2.06. The normalized spacial score (nSPS) is 16.4. The topological polar surface area (TPSA) is 20.2 Å². The quantitative estimate of drug-likeness (QED) is 0.630. The Morgan fingerprint density at radius 1 is 1.18 bits per heavy atom. The first-order valence-electron chi connectivity index (χ1n) is 4.81. The molecule has 0 aliphatic carbocycles. The summed E-state index contributed by atoms with van der Waals surface area (Å²) in [5, 5.41) is 8.81. The minimum atomic E-state index is 0.344. The third-order valence-corrected chi connectivity index (χ3v) is 2.17. The van der Waals surface area contributed by atoms with Crippen molar-refractivity contribution < 1.29 is 5.11 Å². The van der Waals surface area contributed by atoms with E-state index in [-0.39, 0.29) is 0 Å². The van der Waals surface area contributed by atoms with Gasteiger partial charge in [-0.1, -0.05) is 40.0 Å². The minimum absolute atomic E-state index is 0.344. The standard InChI is InChI=1S/C10H22O/c1-4-5-6-9(2)7-10(3)8-11/h9-11H,4-8H2,1-3H3/t9-,10+/m1/s1. The van der Waals surface area contributed by atoms with Gasteiger partial charge in [0.15, 0.2) is 0 Å². The highest BCUT2D eigenvalue weighted by atomic mass is 16.3. The SMILES string of the molecule is CCCC[C@@H](C)C[C@H](C)CO. The van der Waals surface area contributed by atoms with Crippen LogP contribution in [0.25, 0.3) is 0 Å². The summed E-state index contributed by atoms with van der Waals surface area (Å²) in [4.78, 5) is 0. The van der Waals surface area contributed by atoms with Crippen molar-refractivity contribution in [3.05, 3.63) is 0 Å². The van der Waals surface area contributed by atoms with Crippen LogP contribution in [-0.2, 0) is 0 Å². The van der Waals surface area contributed by atoms with Gasteiger partial charge in [0, 0.05) is 6.61 Å². The third-order valence-electron chi connectivity index (χ3n) is 2.17. The Balaban J connectivity index is 3.27. The first-order chi connectivity index (χ1) is 5.20. The molecule has 68 valence electrons. The van der Waals surface area contributed by atoms with E-state index in [0.717, 1.165) is 5.92 Å². The summed E-state index contributed by atoms with van der Waals surface area (Å²) in [6.45, 7) is 6.96. The molecule has 0 amide bonds. The zero-order valence-electron chi connectivity index (χ0n) is 8.14. The van der Waals surface area contributed by atoms with E-state index in [4.69, 9.17) is 5.11 Å². The molecule has 0 heterocycles. The molecule has 0 saturated carbocycles. The first-order valence-corrected chi connectivity index (χ1v) is 4.81. The molecule has 0 bridgehead atoms. The highest BCUT2D eigenvalue weighted by molar-refractivity contribution is 4.58. The van der Waals surface area contributed by atoms with Crippen molar-refractivity contribution in [2.75, 3.05) is 6.61 Å². The maximum absolute atomic E-state index is 8.81. The van der Waals surface area contributed by atoms with Gasteiger partial charge >= 0.3 is 0 Å². The van der Waals surface area contributed by atoms with Gasteiger partial charge in [-0.15, -0.1) is 0 Å². The predicted molar refractivity (Wildman–Crippen MR) is 49.6 cm³/mol. The Kier molecular flexibility index (Phi) is 6.63. The fourth-order valence-electron chi connectivity index (χ4n) is 1.43. The lowest BCUT2D eigenvalue weighted by molar-refractivity contribution is 0.212. The monoisotopic (exact) mass is 158 g/mol. The number of unbranched alkanes of at least 4 members (excludes halogenated alkanes) is 1. The molecule has 0 aromatic carbocycles. The fraction of sp³-hybridized carbons (Fsp3) is 1.00. The third kappa shape index (κ3) is 6.36. The Labute approximate surface area is 70.8 Å². The second kappa shape index (κ2) is 6.66. The van der Waals surface area contributed by atoms with Crippen LogP contribution in [0.2, 0.25) is 0 Å². The van der Waals surface area contributed by atoms with Crippen LogP contribution in [-0.4, -0.2) is 11.7 Å². The second-order valence-corrected chi connectivity index (χ2v) is 3.77.